The summed E-state index contributed by atoms with van der Waals surface area (Å²) >= 11 is 0. The lowest BCUT2D eigenvalue weighted by atomic mass is 9.92. The molecule has 1 aromatic heterocycles. The molecule has 5 nitrogen and oxygen atoms in total. The maximum absolute atomic E-state index is 12.5. The lowest BCUT2D eigenvalue weighted by Gasteiger charge is -2.25. The molecule has 0 saturated heterocycles. The van der Waals surface area contributed by atoms with Crippen molar-refractivity contribution in [1.29, 1.82) is 0 Å². The van der Waals surface area contributed by atoms with Gasteiger partial charge >= 0.3 is 0 Å². The van der Waals surface area contributed by atoms with E-state index in [0.29, 0.717) is 0 Å². The Morgan fingerprint density at radius 2 is 1.96 bits per heavy atom. The summed E-state index contributed by atoms with van der Waals surface area (Å²) in [5.41, 5.74) is 2.59. The Hall–Kier alpha value is -2.14. The Labute approximate surface area is 143 Å². The second kappa shape index (κ2) is 7.18. The molecule has 0 spiro atoms. The number of aliphatic hydroxyl groups is 1. The molecule has 0 radical (unpaired) electrons. The van der Waals surface area contributed by atoms with Crippen LogP contribution in [-0.2, 0) is 17.4 Å². The van der Waals surface area contributed by atoms with E-state index >= 15 is 0 Å². The summed E-state index contributed by atoms with van der Waals surface area (Å²) in [5.74, 6) is -0.168. The first kappa shape index (κ1) is 18.2. The quantitative estimate of drug-likeness (QED) is 0.856. The zero-order valence-electron chi connectivity index (χ0n) is 15.1. The second-order valence-electron chi connectivity index (χ2n) is 6.55. The van der Waals surface area contributed by atoms with E-state index < -0.39 is 5.60 Å². The topological polar surface area (TPSA) is 67.2 Å². The monoisotopic (exact) mass is 329 g/mol. The zero-order chi connectivity index (χ0) is 17.9. The molecule has 24 heavy (non-hydrogen) atoms. The van der Waals surface area contributed by atoms with Gasteiger partial charge in [-0.1, -0.05) is 37.3 Å². The summed E-state index contributed by atoms with van der Waals surface area (Å²) in [5, 5.41) is 18.1. The number of hydrogen-bond acceptors (Lipinski definition) is 3. The smallest absolute Gasteiger partial charge is 0.223 e. The number of benzene rings is 1. The van der Waals surface area contributed by atoms with Gasteiger partial charge in [-0.25, -0.2) is 0 Å². The molecule has 0 fully saturated rings. The number of carbonyl (C=O) groups excluding carboxylic acids is 1. The average Bonchev–Trinajstić information content (AvgIpc) is 2.78. The Balaban J connectivity index is 2.13. The van der Waals surface area contributed by atoms with Crippen LogP contribution in [0.1, 0.15) is 55.2 Å². The van der Waals surface area contributed by atoms with E-state index in [1.807, 2.05) is 62.8 Å². The summed E-state index contributed by atoms with van der Waals surface area (Å²) < 4.78 is 1.83. The number of rotatable bonds is 6. The molecule has 0 aliphatic heterocycles. The van der Waals surface area contributed by atoms with E-state index in [-0.39, 0.29) is 18.4 Å². The number of hydrogen-bond donors (Lipinski definition) is 2. The largest absolute Gasteiger partial charge is 0.385 e. The van der Waals surface area contributed by atoms with Crippen LogP contribution < -0.4 is 5.32 Å². The molecule has 0 saturated carbocycles. The lowest BCUT2D eigenvalue weighted by Crippen LogP contribution is -2.35. The predicted molar refractivity (Wildman–Crippen MR) is 94.5 cm³/mol. The summed E-state index contributed by atoms with van der Waals surface area (Å²) in [6.45, 7) is 7.66. The Morgan fingerprint density at radius 1 is 1.33 bits per heavy atom. The fourth-order valence-electron chi connectivity index (χ4n) is 3.13. The Kier molecular flexibility index (Phi) is 5.44. The molecule has 1 amide bonds. The maximum atomic E-state index is 12.5. The maximum Gasteiger partial charge on any atom is 0.223 e. The van der Waals surface area contributed by atoms with Gasteiger partial charge in [0, 0.05) is 18.3 Å². The molecular weight excluding hydrogens is 302 g/mol. The highest BCUT2D eigenvalue weighted by Crippen LogP contribution is 2.27. The van der Waals surface area contributed by atoms with Gasteiger partial charge in [0.05, 0.1) is 23.8 Å². The van der Waals surface area contributed by atoms with E-state index in [2.05, 4.69) is 10.4 Å². The molecule has 0 aliphatic rings. The summed E-state index contributed by atoms with van der Waals surface area (Å²) in [4.78, 5) is 12.5. The number of amides is 1. The van der Waals surface area contributed by atoms with Crippen LogP contribution in [0.5, 0.6) is 0 Å². The first-order valence-electron chi connectivity index (χ1n) is 8.33. The van der Waals surface area contributed by atoms with Crippen molar-refractivity contribution in [1.82, 2.24) is 15.1 Å². The molecular formula is C19H27N3O2. The second-order valence-corrected chi connectivity index (χ2v) is 6.55. The van der Waals surface area contributed by atoms with Crippen molar-refractivity contribution in [3.05, 3.63) is 52.8 Å². The van der Waals surface area contributed by atoms with Crippen LogP contribution in [-0.4, -0.2) is 20.8 Å². The van der Waals surface area contributed by atoms with Crippen LogP contribution in [0.2, 0.25) is 0 Å². The van der Waals surface area contributed by atoms with Gasteiger partial charge in [-0.2, -0.15) is 5.10 Å². The first-order valence-corrected chi connectivity index (χ1v) is 8.33. The Morgan fingerprint density at radius 3 is 2.46 bits per heavy atom. The van der Waals surface area contributed by atoms with Crippen LogP contribution in [0.4, 0.5) is 0 Å². The highest BCUT2D eigenvalue weighted by atomic mass is 16.3. The van der Waals surface area contributed by atoms with Gasteiger partial charge in [0.1, 0.15) is 0 Å². The van der Waals surface area contributed by atoms with Crippen molar-refractivity contribution >= 4 is 5.91 Å². The third-order valence-corrected chi connectivity index (χ3v) is 4.56. The minimum Gasteiger partial charge on any atom is -0.385 e. The standard InChI is InChI=1S/C19H27N3O2/c1-6-16(18-13(2)21-22(5)14(18)3)20-17(23)12-19(4,24)15-10-8-7-9-11-15/h7-11,16,24H,6,12H2,1-5H3,(H,20,23). The van der Waals surface area contributed by atoms with Crippen LogP contribution in [0.3, 0.4) is 0 Å². The highest BCUT2D eigenvalue weighted by molar-refractivity contribution is 5.77. The zero-order valence-corrected chi connectivity index (χ0v) is 15.1. The molecule has 2 rings (SSSR count). The molecule has 2 aromatic rings. The third-order valence-electron chi connectivity index (χ3n) is 4.56. The van der Waals surface area contributed by atoms with Crippen molar-refractivity contribution in [3.8, 4) is 0 Å². The van der Waals surface area contributed by atoms with E-state index in [0.717, 1.165) is 28.9 Å². The number of nitrogens with one attached hydrogen (secondary N) is 1. The minimum atomic E-state index is -1.19. The fraction of sp³-hybridized carbons (Fsp3) is 0.474. The highest BCUT2D eigenvalue weighted by Gasteiger charge is 2.28. The van der Waals surface area contributed by atoms with E-state index in [9.17, 15) is 9.90 Å². The third kappa shape index (κ3) is 3.85. The number of aryl methyl sites for hydroxylation is 2. The van der Waals surface area contributed by atoms with Crippen molar-refractivity contribution in [2.45, 2.75) is 52.2 Å². The molecule has 130 valence electrons. The van der Waals surface area contributed by atoms with E-state index in [4.69, 9.17) is 0 Å². The van der Waals surface area contributed by atoms with Crippen LogP contribution in [0, 0.1) is 13.8 Å². The van der Waals surface area contributed by atoms with Gasteiger partial charge < -0.3 is 10.4 Å². The summed E-state index contributed by atoms with van der Waals surface area (Å²) in [6, 6.07) is 9.18. The molecule has 0 aliphatic carbocycles. The van der Waals surface area contributed by atoms with Gasteiger partial charge in [-0.3, -0.25) is 9.48 Å². The van der Waals surface area contributed by atoms with Crippen LogP contribution in [0.15, 0.2) is 30.3 Å². The average molecular weight is 329 g/mol. The lowest BCUT2D eigenvalue weighted by molar-refractivity contribution is -0.126. The number of carbonyl (C=O) groups is 1. The number of aromatic nitrogens is 2. The normalized spacial score (nSPS) is 14.9. The number of nitrogens with zero attached hydrogens (tertiary/aromatic N) is 2. The van der Waals surface area contributed by atoms with Crippen molar-refractivity contribution in [3.63, 3.8) is 0 Å². The van der Waals surface area contributed by atoms with Crippen molar-refractivity contribution in [2.75, 3.05) is 0 Å². The van der Waals surface area contributed by atoms with Gasteiger partial charge in [0.15, 0.2) is 0 Å². The first-order chi connectivity index (χ1) is 11.3. The summed E-state index contributed by atoms with van der Waals surface area (Å²) in [6.07, 6.45) is 0.790. The molecule has 2 atom stereocenters. The summed E-state index contributed by atoms with van der Waals surface area (Å²) in [7, 11) is 1.90. The molecule has 5 heteroatoms. The molecule has 2 unspecified atom stereocenters. The molecule has 1 heterocycles. The van der Waals surface area contributed by atoms with Gasteiger partial charge in [0.2, 0.25) is 5.91 Å². The van der Waals surface area contributed by atoms with E-state index in [1.54, 1.807) is 6.92 Å². The molecule has 1 aromatic carbocycles. The molecule has 0 bridgehead atoms. The van der Waals surface area contributed by atoms with Crippen molar-refractivity contribution in [2.24, 2.45) is 7.05 Å². The van der Waals surface area contributed by atoms with Crippen molar-refractivity contribution < 1.29 is 9.90 Å². The van der Waals surface area contributed by atoms with Crippen LogP contribution in [0.25, 0.3) is 0 Å². The molecule has 2 N–H and O–H groups in total. The van der Waals surface area contributed by atoms with Gasteiger partial charge in [-0.05, 0) is 32.8 Å². The van der Waals surface area contributed by atoms with Gasteiger partial charge in [0.25, 0.3) is 0 Å². The van der Waals surface area contributed by atoms with Crippen LogP contribution >= 0.6 is 0 Å². The SMILES string of the molecule is CCC(NC(=O)CC(C)(O)c1ccccc1)c1c(C)nn(C)c1C. The Bertz CT molecular complexity index is 705. The van der Waals surface area contributed by atoms with E-state index in [1.165, 1.54) is 0 Å². The van der Waals surface area contributed by atoms with Gasteiger partial charge in [-0.15, -0.1) is 0 Å². The minimum absolute atomic E-state index is 0.0197. The predicted octanol–water partition coefficient (Wildman–Crippen LogP) is 2.90. The fourth-order valence-corrected chi connectivity index (χ4v) is 3.13.